The first-order valence-electron chi connectivity index (χ1n) is 5.82. The van der Waals surface area contributed by atoms with E-state index in [9.17, 15) is 4.79 Å². The van der Waals surface area contributed by atoms with Gasteiger partial charge in [-0.15, -0.1) is 0 Å². The number of aromatic amines is 1. The Labute approximate surface area is 109 Å². The third kappa shape index (κ3) is 3.29. The minimum Gasteiger partial charge on any atom is -0.369 e. The molecule has 1 aromatic heterocycles. The van der Waals surface area contributed by atoms with E-state index in [4.69, 9.17) is 0 Å². The van der Waals surface area contributed by atoms with E-state index in [-0.39, 0.29) is 5.56 Å². The summed E-state index contributed by atoms with van der Waals surface area (Å²) in [5.41, 5.74) is -0.150. The molecule has 5 nitrogen and oxygen atoms in total. The Bertz CT molecular complexity index is 434. The van der Waals surface area contributed by atoms with E-state index in [1.54, 1.807) is 0 Å². The molecule has 2 rings (SSSR count). The number of nitrogens with zero attached hydrogens (tertiary/aromatic N) is 2. The smallest absolute Gasteiger partial charge is 0.267 e. The quantitative estimate of drug-likeness (QED) is 0.883. The fraction of sp³-hybridized carbons (Fsp3) is 0.636. The van der Waals surface area contributed by atoms with Crippen LogP contribution >= 0.6 is 15.9 Å². The molecule has 17 heavy (non-hydrogen) atoms. The van der Waals surface area contributed by atoms with Crippen molar-refractivity contribution in [3.05, 3.63) is 21.2 Å². The van der Waals surface area contributed by atoms with Crippen LogP contribution < -0.4 is 10.9 Å². The summed E-state index contributed by atoms with van der Waals surface area (Å²) in [6.07, 6.45) is 3.90. The first-order valence-corrected chi connectivity index (χ1v) is 6.61. The average Bonchev–Trinajstić information content (AvgIpc) is 2.31. The van der Waals surface area contributed by atoms with Crippen LogP contribution in [0.3, 0.4) is 0 Å². The molecule has 1 saturated heterocycles. The Hall–Kier alpha value is -0.880. The molecule has 0 amide bonds. The van der Waals surface area contributed by atoms with E-state index >= 15 is 0 Å². The summed E-state index contributed by atoms with van der Waals surface area (Å²) >= 11 is 3.24. The van der Waals surface area contributed by atoms with Gasteiger partial charge in [0.15, 0.2) is 0 Å². The van der Waals surface area contributed by atoms with Crippen molar-refractivity contribution >= 4 is 21.7 Å². The van der Waals surface area contributed by atoms with Gasteiger partial charge in [-0.05, 0) is 48.3 Å². The molecule has 6 heteroatoms. The van der Waals surface area contributed by atoms with Gasteiger partial charge in [0.1, 0.15) is 10.3 Å². The zero-order chi connectivity index (χ0) is 12.3. The van der Waals surface area contributed by atoms with Gasteiger partial charge in [0.05, 0.1) is 6.33 Å². The van der Waals surface area contributed by atoms with Gasteiger partial charge in [0, 0.05) is 13.1 Å². The first kappa shape index (κ1) is 12.6. The lowest BCUT2D eigenvalue weighted by atomic mass is 9.98. The summed E-state index contributed by atoms with van der Waals surface area (Å²) in [7, 11) is 2.15. The predicted molar refractivity (Wildman–Crippen MR) is 71.3 cm³/mol. The zero-order valence-corrected chi connectivity index (χ0v) is 11.5. The summed E-state index contributed by atoms with van der Waals surface area (Å²) in [6, 6.07) is 0. The Morgan fingerprint density at radius 1 is 1.71 bits per heavy atom. The molecular formula is C11H17BrN4O. The Kier molecular flexibility index (Phi) is 4.17. The highest BCUT2D eigenvalue weighted by molar-refractivity contribution is 9.10. The SMILES string of the molecule is CN1CCCC(CNc2nc[nH]c(=O)c2Br)C1. The van der Waals surface area contributed by atoms with Crippen LogP contribution in [0.25, 0.3) is 0 Å². The van der Waals surface area contributed by atoms with Gasteiger partial charge in [0.2, 0.25) is 0 Å². The van der Waals surface area contributed by atoms with Gasteiger partial charge in [0.25, 0.3) is 5.56 Å². The second-order valence-electron chi connectivity index (χ2n) is 4.55. The molecule has 0 bridgehead atoms. The number of hydrogen-bond acceptors (Lipinski definition) is 4. The highest BCUT2D eigenvalue weighted by Gasteiger charge is 2.17. The van der Waals surface area contributed by atoms with Crippen molar-refractivity contribution in [2.24, 2.45) is 5.92 Å². The molecule has 0 radical (unpaired) electrons. The Morgan fingerprint density at radius 2 is 2.53 bits per heavy atom. The van der Waals surface area contributed by atoms with E-state index in [1.165, 1.54) is 25.7 Å². The number of H-pyrrole nitrogens is 1. The lowest BCUT2D eigenvalue weighted by Crippen LogP contribution is -2.35. The number of rotatable bonds is 3. The van der Waals surface area contributed by atoms with Gasteiger partial charge in [-0.2, -0.15) is 0 Å². The largest absolute Gasteiger partial charge is 0.369 e. The summed E-state index contributed by atoms with van der Waals surface area (Å²) in [4.78, 5) is 20.3. The molecule has 94 valence electrons. The fourth-order valence-electron chi connectivity index (χ4n) is 2.19. The minimum absolute atomic E-state index is 0.150. The third-order valence-corrected chi connectivity index (χ3v) is 3.81. The summed E-state index contributed by atoms with van der Waals surface area (Å²) in [5.74, 6) is 1.25. The number of halogens is 1. The molecule has 0 aliphatic carbocycles. The molecule has 1 fully saturated rings. The van der Waals surface area contributed by atoms with Gasteiger partial charge in [-0.1, -0.05) is 0 Å². The maximum Gasteiger partial charge on any atom is 0.267 e. The van der Waals surface area contributed by atoms with E-state index < -0.39 is 0 Å². The van der Waals surface area contributed by atoms with Gasteiger partial charge >= 0.3 is 0 Å². The van der Waals surface area contributed by atoms with Crippen molar-refractivity contribution in [3.8, 4) is 0 Å². The number of hydrogen-bond donors (Lipinski definition) is 2. The number of aromatic nitrogens is 2. The molecule has 2 heterocycles. The number of likely N-dealkylation sites (tertiary alicyclic amines) is 1. The minimum atomic E-state index is -0.150. The third-order valence-electron chi connectivity index (χ3n) is 3.08. The van der Waals surface area contributed by atoms with Crippen LogP contribution in [0.2, 0.25) is 0 Å². The van der Waals surface area contributed by atoms with Crippen LogP contribution in [0.15, 0.2) is 15.6 Å². The molecule has 0 spiro atoms. The standard InChI is InChI=1S/C11H17BrN4O/c1-16-4-2-3-8(6-16)5-13-10-9(12)11(17)15-7-14-10/h7-8H,2-6H2,1H3,(H2,13,14,15,17). The van der Waals surface area contributed by atoms with Crippen LogP contribution in [0.1, 0.15) is 12.8 Å². The summed E-state index contributed by atoms with van der Waals surface area (Å²) in [5, 5.41) is 3.24. The van der Waals surface area contributed by atoms with Crippen LogP contribution in [-0.4, -0.2) is 41.5 Å². The van der Waals surface area contributed by atoms with Crippen molar-refractivity contribution in [2.45, 2.75) is 12.8 Å². The summed E-state index contributed by atoms with van der Waals surface area (Å²) in [6.45, 7) is 3.15. The van der Waals surface area contributed by atoms with Gasteiger partial charge in [-0.3, -0.25) is 4.79 Å². The second kappa shape index (κ2) is 5.64. The molecule has 1 unspecified atom stereocenters. The Morgan fingerprint density at radius 3 is 3.29 bits per heavy atom. The lowest BCUT2D eigenvalue weighted by molar-refractivity contribution is 0.217. The molecule has 0 saturated carbocycles. The number of nitrogens with one attached hydrogen (secondary N) is 2. The van der Waals surface area contributed by atoms with Crippen LogP contribution in [0, 0.1) is 5.92 Å². The van der Waals surface area contributed by atoms with Crippen molar-refractivity contribution in [2.75, 3.05) is 32.0 Å². The normalized spacial score (nSPS) is 21.4. The summed E-state index contributed by atoms with van der Waals surface area (Å²) < 4.78 is 0.476. The van der Waals surface area contributed by atoms with Gasteiger partial charge in [-0.25, -0.2) is 4.98 Å². The van der Waals surface area contributed by atoms with Crippen molar-refractivity contribution < 1.29 is 0 Å². The van der Waals surface area contributed by atoms with Crippen LogP contribution in [-0.2, 0) is 0 Å². The number of anilines is 1. The van der Waals surface area contributed by atoms with E-state index in [0.29, 0.717) is 16.2 Å². The molecule has 1 aromatic rings. The van der Waals surface area contributed by atoms with E-state index in [1.807, 2.05) is 0 Å². The molecular weight excluding hydrogens is 284 g/mol. The predicted octanol–water partition coefficient (Wildman–Crippen LogP) is 1.29. The van der Waals surface area contributed by atoms with Gasteiger partial charge < -0.3 is 15.2 Å². The Balaban J connectivity index is 1.93. The van der Waals surface area contributed by atoms with Crippen molar-refractivity contribution in [1.82, 2.24) is 14.9 Å². The molecule has 1 aliphatic rings. The molecule has 1 aliphatic heterocycles. The van der Waals surface area contributed by atoms with Crippen molar-refractivity contribution in [3.63, 3.8) is 0 Å². The highest BCUT2D eigenvalue weighted by atomic mass is 79.9. The number of piperidine rings is 1. The molecule has 2 N–H and O–H groups in total. The van der Waals surface area contributed by atoms with Crippen molar-refractivity contribution in [1.29, 1.82) is 0 Å². The lowest BCUT2D eigenvalue weighted by Gasteiger charge is -2.29. The second-order valence-corrected chi connectivity index (χ2v) is 5.34. The van der Waals surface area contributed by atoms with E-state index in [0.717, 1.165) is 13.1 Å². The first-order chi connectivity index (χ1) is 8.16. The highest BCUT2D eigenvalue weighted by Crippen LogP contribution is 2.18. The van der Waals surface area contributed by atoms with E-state index in [2.05, 4.69) is 43.2 Å². The maximum absolute atomic E-state index is 11.4. The van der Waals surface area contributed by atoms with Crippen LogP contribution in [0.4, 0.5) is 5.82 Å². The van der Waals surface area contributed by atoms with Crippen LogP contribution in [0.5, 0.6) is 0 Å². The molecule has 1 atom stereocenters. The molecule has 0 aromatic carbocycles. The zero-order valence-electron chi connectivity index (χ0n) is 9.87. The average molecular weight is 301 g/mol. The monoisotopic (exact) mass is 300 g/mol. The fourth-order valence-corrected chi connectivity index (χ4v) is 2.54. The topological polar surface area (TPSA) is 61.0 Å². The maximum atomic E-state index is 11.4.